The Bertz CT molecular complexity index is 1900. The van der Waals surface area contributed by atoms with Crippen LogP contribution in [0.5, 0.6) is 0 Å². The first kappa shape index (κ1) is 28.8. The van der Waals surface area contributed by atoms with Gasteiger partial charge in [0.1, 0.15) is 10.0 Å². The fourth-order valence-corrected chi connectivity index (χ4v) is 8.29. The molecule has 6 rings (SSSR count). The van der Waals surface area contributed by atoms with Gasteiger partial charge < -0.3 is 15.0 Å². The Morgan fingerprint density at radius 1 is 1.00 bits per heavy atom. The number of anilines is 2. The molecule has 43 heavy (non-hydrogen) atoms. The van der Waals surface area contributed by atoms with Crippen LogP contribution in [0.3, 0.4) is 0 Å². The van der Waals surface area contributed by atoms with Crippen LogP contribution in [0.25, 0.3) is 20.8 Å². The van der Waals surface area contributed by atoms with E-state index < -0.39 is 10.0 Å². The van der Waals surface area contributed by atoms with E-state index in [1.165, 1.54) is 11.3 Å². The van der Waals surface area contributed by atoms with E-state index in [1.54, 1.807) is 71.7 Å². The molecule has 220 valence electrons. The molecule has 9 nitrogen and oxygen atoms in total. The number of fused-ring (bicyclic) bond motifs is 2. The van der Waals surface area contributed by atoms with Crippen molar-refractivity contribution in [2.75, 3.05) is 23.2 Å². The second kappa shape index (κ2) is 11.8. The average molecular weight is 633 g/mol. The predicted octanol–water partition coefficient (Wildman–Crippen LogP) is 6.90. The van der Waals surface area contributed by atoms with Crippen molar-refractivity contribution in [1.29, 1.82) is 0 Å². The number of amides is 2. The lowest BCUT2D eigenvalue weighted by Gasteiger charge is -2.26. The number of carbonyl (C=O) groups is 2. The summed E-state index contributed by atoms with van der Waals surface area (Å²) in [5.74, 6) is -0.337. The lowest BCUT2D eigenvalue weighted by atomic mass is 10.0. The van der Waals surface area contributed by atoms with Crippen molar-refractivity contribution in [3.05, 3.63) is 94.4 Å². The number of aryl methyl sites for hydroxylation is 1. The molecule has 0 saturated heterocycles. The van der Waals surface area contributed by atoms with Crippen molar-refractivity contribution in [2.24, 2.45) is 0 Å². The standard InChI is InChI=1S/C31H28N4O5S3/c1-3-40-31(37)35-17-16-23-26(18-35)42-30(27(23)29-32-24-6-4-5-7-25(24)41-29)33-28(36)20-10-12-21(13-11-20)34-43(38,39)22-14-8-19(2)9-15-22/h4-15,34H,3,16-18H2,1-2H3,(H,33,36). The largest absolute Gasteiger partial charge is 0.450 e. The summed E-state index contributed by atoms with van der Waals surface area (Å²) >= 11 is 2.99. The second-order valence-electron chi connectivity index (χ2n) is 10.0. The molecule has 1 aliphatic heterocycles. The Labute approximate surface area is 257 Å². The molecule has 2 amide bonds. The van der Waals surface area contributed by atoms with Crippen LogP contribution in [0.2, 0.25) is 0 Å². The summed E-state index contributed by atoms with van der Waals surface area (Å²) in [6, 6.07) is 20.8. The maximum Gasteiger partial charge on any atom is 0.410 e. The van der Waals surface area contributed by atoms with E-state index >= 15 is 0 Å². The SMILES string of the molecule is CCOC(=O)N1CCc2c(sc(NC(=O)c3ccc(NS(=O)(=O)c4ccc(C)cc4)cc3)c2-c2nc3ccccc3s2)C1. The molecule has 0 unspecified atom stereocenters. The summed E-state index contributed by atoms with van der Waals surface area (Å²) in [5, 5.41) is 4.53. The van der Waals surface area contributed by atoms with Crippen LogP contribution in [0.4, 0.5) is 15.5 Å². The van der Waals surface area contributed by atoms with E-state index in [9.17, 15) is 18.0 Å². The van der Waals surface area contributed by atoms with E-state index in [0.29, 0.717) is 42.4 Å². The summed E-state index contributed by atoms with van der Waals surface area (Å²) in [6.07, 6.45) is 0.258. The van der Waals surface area contributed by atoms with Gasteiger partial charge in [-0.15, -0.1) is 22.7 Å². The number of para-hydroxylation sites is 1. The van der Waals surface area contributed by atoms with Gasteiger partial charge in [0.2, 0.25) is 0 Å². The van der Waals surface area contributed by atoms with Crippen LogP contribution in [0.15, 0.2) is 77.7 Å². The summed E-state index contributed by atoms with van der Waals surface area (Å²) < 4.78 is 34.4. The maximum atomic E-state index is 13.4. The van der Waals surface area contributed by atoms with Crippen molar-refractivity contribution >= 4 is 65.6 Å². The summed E-state index contributed by atoms with van der Waals surface area (Å²) in [4.78, 5) is 33.6. The monoisotopic (exact) mass is 632 g/mol. The molecule has 3 heterocycles. The van der Waals surface area contributed by atoms with Crippen LogP contribution in [0.1, 0.15) is 33.3 Å². The summed E-state index contributed by atoms with van der Waals surface area (Å²) in [7, 11) is -3.77. The van der Waals surface area contributed by atoms with Crippen molar-refractivity contribution in [3.63, 3.8) is 0 Å². The number of benzene rings is 3. The number of aromatic nitrogens is 1. The Balaban J connectivity index is 1.27. The van der Waals surface area contributed by atoms with Crippen LogP contribution in [0, 0.1) is 6.92 Å². The van der Waals surface area contributed by atoms with Crippen LogP contribution in [-0.4, -0.2) is 43.5 Å². The van der Waals surface area contributed by atoms with Gasteiger partial charge in [-0.25, -0.2) is 18.2 Å². The van der Waals surface area contributed by atoms with Gasteiger partial charge in [-0.1, -0.05) is 29.8 Å². The smallest absolute Gasteiger partial charge is 0.410 e. The minimum absolute atomic E-state index is 0.158. The van der Waals surface area contributed by atoms with Crippen LogP contribution < -0.4 is 10.0 Å². The minimum Gasteiger partial charge on any atom is -0.450 e. The molecule has 0 fully saturated rings. The Morgan fingerprint density at radius 2 is 1.74 bits per heavy atom. The zero-order valence-electron chi connectivity index (χ0n) is 23.4. The number of ether oxygens (including phenoxy) is 1. The van der Waals surface area contributed by atoms with Gasteiger partial charge in [-0.05, 0) is 74.4 Å². The fourth-order valence-electron chi connectivity index (χ4n) is 4.86. The lowest BCUT2D eigenvalue weighted by molar-refractivity contribution is 0.102. The van der Waals surface area contributed by atoms with Gasteiger partial charge in [0.25, 0.3) is 15.9 Å². The summed E-state index contributed by atoms with van der Waals surface area (Å²) in [6.45, 7) is 4.87. The van der Waals surface area contributed by atoms with Gasteiger partial charge in [-0.2, -0.15) is 0 Å². The molecule has 2 aromatic heterocycles. The summed E-state index contributed by atoms with van der Waals surface area (Å²) in [5.41, 5.74) is 4.50. The highest BCUT2D eigenvalue weighted by molar-refractivity contribution is 7.92. The molecule has 0 saturated carbocycles. The van der Waals surface area contributed by atoms with Gasteiger partial charge in [0.05, 0.1) is 28.3 Å². The molecule has 0 radical (unpaired) electrons. The minimum atomic E-state index is -3.77. The normalized spacial score (nSPS) is 13.0. The molecule has 0 atom stereocenters. The third kappa shape index (κ3) is 5.99. The molecular formula is C31H28N4O5S3. The zero-order valence-corrected chi connectivity index (χ0v) is 25.9. The van der Waals surface area contributed by atoms with Crippen molar-refractivity contribution < 1.29 is 22.7 Å². The average Bonchev–Trinajstić information content (AvgIpc) is 3.58. The maximum absolute atomic E-state index is 13.4. The van der Waals surface area contributed by atoms with Gasteiger partial charge in [-0.3, -0.25) is 9.52 Å². The predicted molar refractivity (Wildman–Crippen MR) is 170 cm³/mol. The van der Waals surface area contributed by atoms with Gasteiger partial charge in [0, 0.05) is 28.2 Å². The first-order chi connectivity index (χ1) is 20.7. The second-order valence-corrected chi connectivity index (χ2v) is 13.8. The fraction of sp³-hybridized carbons (Fsp3) is 0.194. The number of carbonyl (C=O) groups excluding carboxylic acids is 2. The van der Waals surface area contributed by atoms with Crippen molar-refractivity contribution in [1.82, 2.24) is 9.88 Å². The Hall–Kier alpha value is -4.26. The highest BCUT2D eigenvalue weighted by atomic mass is 32.2. The molecule has 3 aromatic carbocycles. The van der Waals surface area contributed by atoms with Crippen LogP contribution in [-0.2, 0) is 27.7 Å². The van der Waals surface area contributed by atoms with E-state index in [4.69, 9.17) is 9.72 Å². The molecule has 12 heteroatoms. The third-order valence-electron chi connectivity index (χ3n) is 7.05. The molecule has 0 aliphatic carbocycles. The third-order valence-corrected chi connectivity index (χ3v) is 10.6. The number of hydrogen-bond acceptors (Lipinski definition) is 8. The Kier molecular flexibility index (Phi) is 7.91. The van der Waals surface area contributed by atoms with E-state index in [1.807, 2.05) is 31.2 Å². The molecule has 0 spiro atoms. The topological polar surface area (TPSA) is 118 Å². The molecule has 1 aliphatic rings. The van der Waals surface area contributed by atoms with Crippen LogP contribution >= 0.6 is 22.7 Å². The highest BCUT2D eigenvalue weighted by Crippen LogP contribution is 2.46. The highest BCUT2D eigenvalue weighted by Gasteiger charge is 2.30. The van der Waals surface area contributed by atoms with Crippen molar-refractivity contribution in [2.45, 2.75) is 31.7 Å². The number of sulfonamides is 1. The van der Waals surface area contributed by atoms with E-state index in [2.05, 4.69) is 10.0 Å². The zero-order chi connectivity index (χ0) is 30.1. The van der Waals surface area contributed by atoms with E-state index in [-0.39, 0.29) is 16.9 Å². The molecule has 2 N–H and O–H groups in total. The first-order valence-electron chi connectivity index (χ1n) is 13.6. The number of nitrogens with one attached hydrogen (secondary N) is 2. The molecule has 0 bridgehead atoms. The number of thiophene rings is 1. The number of rotatable bonds is 7. The lowest BCUT2D eigenvalue weighted by Crippen LogP contribution is -2.35. The van der Waals surface area contributed by atoms with E-state index in [0.717, 1.165) is 36.8 Å². The van der Waals surface area contributed by atoms with Gasteiger partial charge >= 0.3 is 6.09 Å². The number of thiazole rings is 1. The molecule has 5 aromatic rings. The first-order valence-corrected chi connectivity index (χ1v) is 16.8. The number of nitrogens with zero attached hydrogens (tertiary/aromatic N) is 2. The van der Waals surface area contributed by atoms with Crippen molar-refractivity contribution in [3.8, 4) is 10.6 Å². The molecular weight excluding hydrogens is 605 g/mol. The van der Waals surface area contributed by atoms with Gasteiger partial charge in [0.15, 0.2) is 0 Å². The Morgan fingerprint density at radius 3 is 2.47 bits per heavy atom. The number of hydrogen-bond donors (Lipinski definition) is 2. The quantitative estimate of drug-likeness (QED) is 0.202.